The van der Waals surface area contributed by atoms with Crippen LogP contribution in [-0.2, 0) is 0 Å². The van der Waals surface area contributed by atoms with Gasteiger partial charge in [-0.3, -0.25) is 0 Å². The van der Waals surface area contributed by atoms with Crippen molar-refractivity contribution in [3.05, 3.63) is 0 Å². The van der Waals surface area contributed by atoms with Crippen molar-refractivity contribution in [3.63, 3.8) is 0 Å². The second-order valence-corrected chi connectivity index (χ2v) is 4.47. The molecule has 0 bridgehead atoms. The molecule has 0 aromatic carbocycles. The molecule has 1 N–H and O–H groups in total. The topological polar surface area (TPSA) is 12.0 Å². The Kier molecular flexibility index (Phi) is 2.73. The number of halogens is 3. The predicted octanol–water partition coefficient (Wildman–Crippen LogP) is 2.72. The number of rotatable bonds is 0. The maximum atomic E-state index is 12.6. The molecule has 1 saturated heterocycles. The van der Waals surface area contributed by atoms with Crippen LogP contribution in [0.4, 0.5) is 13.2 Å². The summed E-state index contributed by atoms with van der Waals surface area (Å²) >= 11 is 0. The summed E-state index contributed by atoms with van der Waals surface area (Å²) in [6.45, 7) is 0.533. The van der Waals surface area contributed by atoms with Gasteiger partial charge >= 0.3 is 6.18 Å². The third kappa shape index (κ3) is 1.90. The molecule has 0 spiro atoms. The smallest absolute Gasteiger partial charge is 0.306 e. The molecule has 82 valence electrons. The first-order chi connectivity index (χ1) is 6.59. The number of alkyl halides is 3. The average Bonchev–Trinajstić information content (AvgIpc) is 2.15. The lowest BCUT2D eigenvalue weighted by Gasteiger charge is -2.42. The molecule has 1 heterocycles. The minimum Gasteiger partial charge on any atom is -0.306 e. The van der Waals surface area contributed by atoms with Gasteiger partial charge in [0.25, 0.3) is 0 Å². The summed E-state index contributed by atoms with van der Waals surface area (Å²) < 4.78 is 37.9. The first-order valence-corrected chi connectivity index (χ1v) is 5.39. The average molecular weight is 207 g/mol. The molecule has 2 aliphatic rings. The molecule has 0 amide bonds. The molecule has 1 aliphatic carbocycles. The highest BCUT2D eigenvalue weighted by molar-refractivity contribution is 4.92. The van der Waals surface area contributed by atoms with Gasteiger partial charge in [-0.1, -0.05) is 19.3 Å². The number of fused-ring (bicyclic) bond motifs is 1. The largest absolute Gasteiger partial charge is 0.404 e. The maximum Gasteiger partial charge on any atom is 0.404 e. The van der Waals surface area contributed by atoms with E-state index in [9.17, 15) is 13.2 Å². The minimum absolute atomic E-state index is 0.155. The van der Waals surface area contributed by atoms with Crippen molar-refractivity contribution < 1.29 is 13.2 Å². The standard InChI is InChI=1S/C10H16F3N/c11-10(12,13)9-8-4-2-1-3-7(8)5-6-14-9/h7-9,14H,1-6H2. The third-order valence-electron chi connectivity index (χ3n) is 3.63. The van der Waals surface area contributed by atoms with E-state index in [0.29, 0.717) is 12.5 Å². The maximum absolute atomic E-state index is 12.6. The summed E-state index contributed by atoms with van der Waals surface area (Å²) in [6.07, 6.45) is 0.708. The first-order valence-electron chi connectivity index (χ1n) is 5.39. The van der Waals surface area contributed by atoms with Crippen LogP contribution in [0.15, 0.2) is 0 Å². The van der Waals surface area contributed by atoms with E-state index in [2.05, 4.69) is 5.32 Å². The molecular formula is C10H16F3N. The molecular weight excluding hydrogens is 191 g/mol. The number of hydrogen-bond acceptors (Lipinski definition) is 1. The Morgan fingerprint density at radius 2 is 1.71 bits per heavy atom. The van der Waals surface area contributed by atoms with Crippen LogP contribution in [0, 0.1) is 11.8 Å². The van der Waals surface area contributed by atoms with Crippen LogP contribution in [-0.4, -0.2) is 18.8 Å². The van der Waals surface area contributed by atoms with Crippen LogP contribution in [0.25, 0.3) is 0 Å². The van der Waals surface area contributed by atoms with Gasteiger partial charge in [0.1, 0.15) is 6.04 Å². The minimum atomic E-state index is -4.05. The van der Waals surface area contributed by atoms with E-state index in [-0.39, 0.29) is 5.92 Å². The fraction of sp³-hybridized carbons (Fsp3) is 1.00. The summed E-state index contributed by atoms with van der Waals surface area (Å²) in [6, 6.07) is -1.23. The molecule has 0 radical (unpaired) electrons. The fourth-order valence-corrected chi connectivity index (χ4v) is 2.97. The van der Waals surface area contributed by atoms with E-state index in [0.717, 1.165) is 32.1 Å². The lowest BCUT2D eigenvalue weighted by Crippen LogP contribution is -2.54. The van der Waals surface area contributed by atoms with Gasteiger partial charge in [0.05, 0.1) is 0 Å². The van der Waals surface area contributed by atoms with Crippen LogP contribution in [0.3, 0.4) is 0 Å². The van der Waals surface area contributed by atoms with Gasteiger partial charge in [-0.2, -0.15) is 13.2 Å². The molecule has 2 fully saturated rings. The highest BCUT2D eigenvalue weighted by Gasteiger charge is 2.48. The molecule has 2 rings (SSSR count). The molecule has 1 aliphatic heterocycles. The van der Waals surface area contributed by atoms with E-state index in [1.807, 2.05) is 0 Å². The van der Waals surface area contributed by atoms with Crippen LogP contribution in [0.5, 0.6) is 0 Å². The molecule has 14 heavy (non-hydrogen) atoms. The number of piperidine rings is 1. The van der Waals surface area contributed by atoms with Gasteiger partial charge in [-0.15, -0.1) is 0 Å². The summed E-state index contributed by atoms with van der Waals surface area (Å²) in [7, 11) is 0. The lowest BCUT2D eigenvalue weighted by molar-refractivity contribution is -0.181. The normalized spacial score (nSPS) is 39.2. The predicted molar refractivity (Wildman–Crippen MR) is 47.9 cm³/mol. The molecule has 4 heteroatoms. The van der Waals surface area contributed by atoms with Crippen molar-refractivity contribution in [1.82, 2.24) is 5.32 Å². The quantitative estimate of drug-likeness (QED) is 0.644. The highest BCUT2D eigenvalue weighted by Crippen LogP contribution is 2.41. The molecule has 1 saturated carbocycles. The van der Waals surface area contributed by atoms with Crippen molar-refractivity contribution in [2.45, 2.75) is 44.3 Å². The summed E-state index contributed by atoms with van der Waals surface area (Å²) in [4.78, 5) is 0. The molecule has 0 aromatic rings. The van der Waals surface area contributed by atoms with Crippen molar-refractivity contribution in [3.8, 4) is 0 Å². The zero-order valence-corrected chi connectivity index (χ0v) is 8.11. The summed E-state index contributed by atoms with van der Waals surface area (Å²) in [5, 5.41) is 2.63. The SMILES string of the molecule is FC(F)(F)C1NCCC2CCCCC21. The Bertz CT molecular complexity index is 200. The second kappa shape index (κ2) is 3.72. The van der Waals surface area contributed by atoms with Gasteiger partial charge in [0, 0.05) is 0 Å². The molecule has 3 unspecified atom stereocenters. The van der Waals surface area contributed by atoms with Gasteiger partial charge < -0.3 is 5.32 Å². The Hall–Kier alpha value is -0.250. The Morgan fingerprint density at radius 1 is 1.00 bits per heavy atom. The monoisotopic (exact) mass is 207 g/mol. The lowest BCUT2D eigenvalue weighted by atomic mass is 9.71. The van der Waals surface area contributed by atoms with Gasteiger partial charge in [-0.05, 0) is 31.2 Å². The fourth-order valence-electron chi connectivity index (χ4n) is 2.97. The van der Waals surface area contributed by atoms with Crippen LogP contribution in [0.2, 0.25) is 0 Å². The van der Waals surface area contributed by atoms with E-state index >= 15 is 0 Å². The Labute approximate surface area is 82.1 Å². The van der Waals surface area contributed by atoms with Crippen LogP contribution in [0.1, 0.15) is 32.1 Å². The van der Waals surface area contributed by atoms with Crippen molar-refractivity contribution in [1.29, 1.82) is 0 Å². The van der Waals surface area contributed by atoms with E-state index in [1.54, 1.807) is 0 Å². The Balaban J connectivity index is 2.09. The van der Waals surface area contributed by atoms with Gasteiger partial charge in [-0.25, -0.2) is 0 Å². The van der Waals surface area contributed by atoms with E-state index < -0.39 is 12.2 Å². The van der Waals surface area contributed by atoms with Crippen molar-refractivity contribution >= 4 is 0 Å². The number of nitrogens with one attached hydrogen (secondary N) is 1. The van der Waals surface area contributed by atoms with E-state index in [1.165, 1.54) is 0 Å². The van der Waals surface area contributed by atoms with Gasteiger partial charge in [0.15, 0.2) is 0 Å². The van der Waals surface area contributed by atoms with Crippen LogP contribution < -0.4 is 5.32 Å². The van der Waals surface area contributed by atoms with Gasteiger partial charge in [0.2, 0.25) is 0 Å². The Morgan fingerprint density at radius 3 is 2.43 bits per heavy atom. The highest BCUT2D eigenvalue weighted by atomic mass is 19.4. The summed E-state index contributed by atoms with van der Waals surface area (Å²) in [5.41, 5.74) is 0. The molecule has 3 atom stereocenters. The number of hydrogen-bond donors (Lipinski definition) is 1. The van der Waals surface area contributed by atoms with Crippen molar-refractivity contribution in [2.24, 2.45) is 11.8 Å². The zero-order valence-electron chi connectivity index (χ0n) is 8.11. The van der Waals surface area contributed by atoms with E-state index in [4.69, 9.17) is 0 Å². The zero-order chi connectivity index (χ0) is 10.2. The molecule has 0 aromatic heterocycles. The first kappa shape index (κ1) is 10.3. The molecule has 1 nitrogen and oxygen atoms in total. The second-order valence-electron chi connectivity index (χ2n) is 4.47. The van der Waals surface area contributed by atoms with Crippen molar-refractivity contribution in [2.75, 3.05) is 6.54 Å². The van der Waals surface area contributed by atoms with Crippen LogP contribution >= 0.6 is 0 Å². The summed E-state index contributed by atoms with van der Waals surface area (Å²) in [5.74, 6) is 0.161. The third-order valence-corrected chi connectivity index (χ3v) is 3.63.